The molecule has 3 rings (SSSR count). The zero-order chi connectivity index (χ0) is 16.8. The highest BCUT2D eigenvalue weighted by molar-refractivity contribution is 5.32. The van der Waals surface area contributed by atoms with Crippen molar-refractivity contribution in [2.75, 3.05) is 20.6 Å². The Bertz CT molecular complexity index is 623. The van der Waals surface area contributed by atoms with Crippen LogP contribution >= 0.6 is 0 Å². The van der Waals surface area contributed by atoms with E-state index in [0.717, 1.165) is 11.7 Å². The molecule has 2 heteroatoms. The van der Waals surface area contributed by atoms with Gasteiger partial charge in [0.2, 0.25) is 0 Å². The topological polar surface area (TPSA) is 12.5 Å². The summed E-state index contributed by atoms with van der Waals surface area (Å²) in [7, 11) is 4.37. The van der Waals surface area contributed by atoms with E-state index in [1.165, 1.54) is 43.4 Å². The van der Waals surface area contributed by atoms with Crippen LogP contribution in [0.2, 0.25) is 0 Å². The molecule has 0 aliphatic heterocycles. The summed E-state index contributed by atoms with van der Waals surface area (Å²) >= 11 is 0. The minimum absolute atomic E-state index is 0.635. The molecule has 1 saturated carbocycles. The molecule has 0 aromatic heterocycles. The molecule has 2 atom stereocenters. The molecule has 128 valence electrons. The molecule has 1 fully saturated rings. The average molecular weight is 323 g/mol. The van der Waals surface area contributed by atoms with Crippen molar-refractivity contribution in [3.63, 3.8) is 0 Å². The van der Waals surface area contributed by atoms with Crippen molar-refractivity contribution in [2.24, 2.45) is 5.92 Å². The lowest BCUT2D eigenvalue weighted by Gasteiger charge is -2.34. The Balaban J connectivity index is 1.69. The van der Waals surface area contributed by atoms with Gasteiger partial charge in [0.05, 0.1) is 0 Å². The monoisotopic (exact) mass is 323 g/mol. The van der Waals surface area contributed by atoms with Gasteiger partial charge in [-0.1, -0.05) is 55.3 Å². The van der Waals surface area contributed by atoms with Crippen LogP contribution in [0.5, 0.6) is 5.75 Å². The van der Waals surface area contributed by atoms with Crippen molar-refractivity contribution in [1.29, 1.82) is 0 Å². The lowest BCUT2D eigenvalue weighted by atomic mass is 9.75. The minimum Gasteiger partial charge on any atom is -0.489 e. The summed E-state index contributed by atoms with van der Waals surface area (Å²) in [4.78, 5) is 2.33. The van der Waals surface area contributed by atoms with Crippen molar-refractivity contribution in [3.05, 3.63) is 65.7 Å². The quantitative estimate of drug-likeness (QED) is 0.733. The Labute approximate surface area is 146 Å². The lowest BCUT2D eigenvalue weighted by molar-refractivity contribution is 0.233. The maximum absolute atomic E-state index is 6.03. The summed E-state index contributed by atoms with van der Waals surface area (Å²) in [6.45, 7) is 1.82. The second kappa shape index (κ2) is 8.34. The van der Waals surface area contributed by atoms with Crippen LogP contribution in [0.15, 0.2) is 54.6 Å². The largest absolute Gasteiger partial charge is 0.489 e. The van der Waals surface area contributed by atoms with Crippen molar-refractivity contribution < 1.29 is 4.74 Å². The van der Waals surface area contributed by atoms with Crippen LogP contribution in [0.25, 0.3) is 0 Å². The van der Waals surface area contributed by atoms with E-state index in [1.807, 2.05) is 6.07 Å². The molecule has 0 bridgehead atoms. The third kappa shape index (κ3) is 4.61. The van der Waals surface area contributed by atoms with Gasteiger partial charge in [-0.3, -0.25) is 0 Å². The number of ether oxygens (including phenoxy) is 1. The van der Waals surface area contributed by atoms with E-state index in [0.29, 0.717) is 12.5 Å². The normalized spacial score (nSPS) is 21.0. The Kier molecular flexibility index (Phi) is 5.92. The molecule has 2 aromatic carbocycles. The fourth-order valence-electron chi connectivity index (χ4n) is 3.91. The molecule has 2 unspecified atom stereocenters. The van der Waals surface area contributed by atoms with Crippen molar-refractivity contribution >= 4 is 0 Å². The summed E-state index contributed by atoms with van der Waals surface area (Å²) < 4.78 is 6.03. The molecule has 0 saturated heterocycles. The number of rotatable bonds is 6. The van der Waals surface area contributed by atoms with Crippen LogP contribution in [-0.2, 0) is 6.61 Å². The molecular formula is C22H29NO. The predicted molar refractivity (Wildman–Crippen MR) is 100 cm³/mol. The average Bonchev–Trinajstić information content (AvgIpc) is 2.61. The molecule has 0 N–H and O–H groups in total. The smallest absolute Gasteiger partial charge is 0.120 e. The molecule has 0 radical (unpaired) electrons. The van der Waals surface area contributed by atoms with Crippen LogP contribution < -0.4 is 4.74 Å². The molecule has 0 spiro atoms. The van der Waals surface area contributed by atoms with Gasteiger partial charge < -0.3 is 9.64 Å². The summed E-state index contributed by atoms with van der Waals surface area (Å²) in [6.07, 6.45) is 5.38. The van der Waals surface area contributed by atoms with E-state index in [4.69, 9.17) is 4.74 Å². The van der Waals surface area contributed by atoms with Crippen molar-refractivity contribution in [1.82, 2.24) is 4.90 Å². The second-order valence-electron chi connectivity index (χ2n) is 7.26. The van der Waals surface area contributed by atoms with E-state index in [1.54, 1.807) is 0 Å². The van der Waals surface area contributed by atoms with Crippen LogP contribution in [0.1, 0.15) is 42.7 Å². The van der Waals surface area contributed by atoms with Gasteiger partial charge >= 0.3 is 0 Å². The van der Waals surface area contributed by atoms with Gasteiger partial charge in [0.1, 0.15) is 12.4 Å². The Hall–Kier alpha value is -1.80. The van der Waals surface area contributed by atoms with Gasteiger partial charge in [0, 0.05) is 6.54 Å². The van der Waals surface area contributed by atoms with Gasteiger partial charge in [0.25, 0.3) is 0 Å². The van der Waals surface area contributed by atoms with Crippen LogP contribution in [-0.4, -0.2) is 25.5 Å². The standard InChI is InChI=1S/C22H29NO/c1-23(2)16-20-11-6-7-14-22(20)19-12-8-13-21(15-19)24-17-18-9-4-3-5-10-18/h3-5,8-10,12-13,15,20,22H,6-7,11,14,16-17H2,1-2H3. The molecule has 1 aliphatic carbocycles. The van der Waals surface area contributed by atoms with Crippen LogP contribution in [0.4, 0.5) is 0 Å². The first-order chi connectivity index (χ1) is 11.7. The maximum Gasteiger partial charge on any atom is 0.120 e. The molecule has 0 heterocycles. The molecule has 2 nitrogen and oxygen atoms in total. The number of benzene rings is 2. The Morgan fingerprint density at radius 1 is 0.958 bits per heavy atom. The Morgan fingerprint density at radius 2 is 1.75 bits per heavy atom. The first kappa shape index (κ1) is 17.0. The van der Waals surface area contributed by atoms with Gasteiger partial charge in [-0.05, 0) is 62.0 Å². The van der Waals surface area contributed by atoms with Crippen molar-refractivity contribution in [3.8, 4) is 5.75 Å². The zero-order valence-electron chi connectivity index (χ0n) is 14.9. The number of hydrogen-bond acceptors (Lipinski definition) is 2. The number of hydrogen-bond donors (Lipinski definition) is 0. The molecule has 1 aliphatic rings. The zero-order valence-corrected chi connectivity index (χ0v) is 14.9. The first-order valence-corrected chi connectivity index (χ1v) is 9.14. The fourth-order valence-corrected chi connectivity index (χ4v) is 3.91. The van der Waals surface area contributed by atoms with Gasteiger partial charge in [0.15, 0.2) is 0 Å². The fraction of sp³-hybridized carbons (Fsp3) is 0.455. The molecular weight excluding hydrogens is 294 g/mol. The van der Waals surface area contributed by atoms with Gasteiger partial charge in [-0.2, -0.15) is 0 Å². The highest BCUT2D eigenvalue weighted by Gasteiger charge is 2.27. The minimum atomic E-state index is 0.635. The lowest BCUT2D eigenvalue weighted by Crippen LogP contribution is -2.28. The van der Waals surface area contributed by atoms with E-state index in [-0.39, 0.29) is 0 Å². The molecule has 0 amide bonds. The second-order valence-corrected chi connectivity index (χ2v) is 7.26. The highest BCUT2D eigenvalue weighted by Crippen LogP contribution is 2.39. The van der Waals surface area contributed by atoms with E-state index < -0.39 is 0 Å². The van der Waals surface area contributed by atoms with E-state index in [2.05, 4.69) is 67.5 Å². The molecule has 2 aromatic rings. The molecule has 24 heavy (non-hydrogen) atoms. The highest BCUT2D eigenvalue weighted by atomic mass is 16.5. The predicted octanol–water partition coefficient (Wildman–Crippen LogP) is 5.10. The third-order valence-corrected chi connectivity index (χ3v) is 5.04. The number of nitrogens with zero attached hydrogens (tertiary/aromatic N) is 1. The van der Waals surface area contributed by atoms with Gasteiger partial charge in [-0.15, -0.1) is 0 Å². The third-order valence-electron chi connectivity index (χ3n) is 5.04. The Morgan fingerprint density at radius 3 is 2.54 bits per heavy atom. The summed E-state index contributed by atoms with van der Waals surface area (Å²) in [5, 5.41) is 0. The summed E-state index contributed by atoms with van der Waals surface area (Å²) in [5.74, 6) is 2.42. The van der Waals surface area contributed by atoms with Crippen LogP contribution in [0, 0.1) is 5.92 Å². The SMILES string of the molecule is CN(C)CC1CCCCC1c1cccc(OCc2ccccc2)c1. The maximum atomic E-state index is 6.03. The van der Waals surface area contributed by atoms with E-state index >= 15 is 0 Å². The van der Waals surface area contributed by atoms with Gasteiger partial charge in [-0.25, -0.2) is 0 Å². The van der Waals surface area contributed by atoms with E-state index in [9.17, 15) is 0 Å². The summed E-state index contributed by atoms with van der Waals surface area (Å²) in [5.41, 5.74) is 2.66. The van der Waals surface area contributed by atoms with Crippen molar-refractivity contribution in [2.45, 2.75) is 38.2 Å². The van der Waals surface area contributed by atoms with Crippen LogP contribution in [0.3, 0.4) is 0 Å². The first-order valence-electron chi connectivity index (χ1n) is 9.14. The summed E-state index contributed by atoms with van der Waals surface area (Å²) in [6, 6.07) is 19.2.